The molecule has 1 aliphatic heterocycles. The lowest BCUT2D eigenvalue weighted by molar-refractivity contribution is -0.144. The third kappa shape index (κ3) is 3.39. The van der Waals surface area contributed by atoms with E-state index in [2.05, 4.69) is 5.32 Å². The van der Waals surface area contributed by atoms with Crippen LogP contribution in [0.4, 0.5) is 0 Å². The standard InChI is InChI=1S/C18H19ClN2O5/c19-12-4-2-11(3-5-12)10-21-17(26)15(16(25)20-9-14(23)24)13(22)8-18(21)6-1-7-18/h2-5,22H,1,6-10H2,(H,20,25)(H,23,24). The number of benzene rings is 1. The van der Waals surface area contributed by atoms with Crippen LogP contribution in [0, 0.1) is 0 Å². The second kappa shape index (κ2) is 6.99. The predicted octanol–water partition coefficient (Wildman–Crippen LogP) is 2.01. The number of carbonyl (C=O) groups excluding carboxylic acids is 2. The third-order valence-electron chi connectivity index (χ3n) is 4.98. The van der Waals surface area contributed by atoms with Crippen LogP contribution in [0.1, 0.15) is 31.2 Å². The monoisotopic (exact) mass is 378 g/mol. The van der Waals surface area contributed by atoms with E-state index in [1.807, 2.05) is 12.1 Å². The second-order valence-corrected chi connectivity index (χ2v) is 7.11. The Morgan fingerprint density at radius 2 is 1.88 bits per heavy atom. The van der Waals surface area contributed by atoms with Gasteiger partial charge in [0.1, 0.15) is 17.9 Å². The second-order valence-electron chi connectivity index (χ2n) is 6.67. The molecule has 0 saturated heterocycles. The van der Waals surface area contributed by atoms with E-state index in [0.717, 1.165) is 24.8 Å². The minimum absolute atomic E-state index is 0.197. The van der Waals surface area contributed by atoms with Gasteiger partial charge in [-0.1, -0.05) is 23.7 Å². The highest BCUT2D eigenvalue weighted by atomic mass is 35.5. The van der Waals surface area contributed by atoms with Crippen molar-refractivity contribution in [2.75, 3.05) is 6.54 Å². The number of nitrogens with one attached hydrogen (secondary N) is 1. The van der Waals surface area contributed by atoms with E-state index in [-0.39, 0.29) is 17.8 Å². The van der Waals surface area contributed by atoms with Gasteiger partial charge in [-0.2, -0.15) is 0 Å². The topological polar surface area (TPSA) is 107 Å². The largest absolute Gasteiger partial charge is 0.511 e. The number of nitrogens with zero attached hydrogens (tertiary/aromatic N) is 1. The van der Waals surface area contributed by atoms with Gasteiger partial charge in [0.25, 0.3) is 11.8 Å². The average Bonchev–Trinajstić information content (AvgIpc) is 2.55. The molecule has 2 aliphatic rings. The number of aliphatic hydroxyl groups excluding tert-OH is 1. The molecule has 1 heterocycles. The first-order chi connectivity index (χ1) is 12.3. The van der Waals surface area contributed by atoms with Gasteiger partial charge in [0.15, 0.2) is 0 Å². The van der Waals surface area contributed by atoms with Crippen LogP contribution >= 0.6 is 11.6 Å². The molecule has 138 valence electrons. The molecule has 0 unspecified atom stereocenters. The van der Waals surface area contributed by atoms with Crippen LogP contribution in [0.2, 0.25) is 5.02 Å². The van der Waals surface area contributed by atoms with Crippen LogP contribution in [0.15, 0.2) is 35.6 Å². The smallest absolute Gasteiger partial charge is 0.322 e. The quantitative estimate of drug-likeness (QED) is 0.679. The van der Waals surface area contributed by atoms with Gasteiger partial charge in [-0.15, -0.1) is 0 Å². The van der Waals surface area contributed by atoms with Crippen LogP contribution in [0.25, 0.3) is 0 Å². The number of hydrogen-bond donors (Lipinski definition) is 3. The van der Waals surface area contributed by atoms with Gasteiger partial charge in [-0.3, -0.25) is 14.4 Å². The average molecular weight is 379 g/mol. The Labute approximate surface area is 155 Å². The van der Waals surface area contributed by atoms with E-state index in [1.54, 1.807) is 17.0 Å². The molecule has 1 spiro atoms. The first-order valence-corrected chi connectivity index (χ1v) is 8.69. The van der Waals surface area contributed by atoms with Crippen LogP contribution in [-0.2, 0) is 20.9 Å². The number of aliphatic hydroxyl groups is 1. The Kier molecular flexibility index (Phi) is 4.91. The Morgan fingerprint density at radius 1 is 1.23 bits per heavy atom. The summed E-state index contributed by atoms with van der Waals surface area (Å²) in [5.41, 5.74) is -0.00404. The maximum atomic E-state index is 13.0. The van der Waals surface area contributed by atoms with Gasteiger partial charge in [-0.05, 0) is 37.0 Å². The first kappa shape index (κ1) is 18.3. The third-order valence-corrected chi connectivity index (χ3v) is 5.23. The predicted molar refractivity (Wildman–Crippen MR) is 93.5 cm³/mol. The number of carboxylic acid groups (broad SMARTS) is 1. The van der Waals surface area contributed by atoms with Gasteiger partial charge in [-0.25, -0.2) is 0 Å². The van der Waals surface area contributed by atoms with Crippen molar-refractivity contribution in [1.82, 2.24) is 10.2 Å². The van der Waals surface area contributed by atoms with Crippen molar-refractivity contribution in [2.45, 2.75) is 37.8 Å². The summed E-state index contributed by atoms with van der Waals surface area (Å²) in [6, 6.07) is 7.08. The number of hydrogen-bond acceptors (Lipinski definition) is 4. The van der Waals surface area contributed by atoms with Crippen LogP contribution in [0.3, 0.4) is 0 Å². The number of amides is 2. The van der Waals surface area contributed by atoms with Crippen molar-refractivity contribution in [1.29, 1.82) is 0 Å². The fourth-order valence-corrected chi connectivity index (χ4v) is 3.61. The van der Waals surface area contributed by atoms with E-state index in [0.29, 0.717) is 11.6 Å². The number of carboxylic acids is 1. The minimum Gasteiger partial charge on any atom is -0.511 e. The molecule has 2 amide bonds. The Hall–Kier alpha value is -2.54. The number of halogens is 1. The Morgan fingerprint density at radius 3 is 2.42 bits per heavy atom. The molecule has 3 rings (SSSR count). The maximum Gasteiger partial charge on any atom is 0.322 e. The highest BCUT2D eigenvalue weighted by molar-refractivity contribution is 6.30. The molecule has 8 heteroatoms. The summed E-state index contributed by atoms with van der Waals surface area (Å²) in [4.78, 5) is 37.5. The zero-order valence-electron chi connectivity index (χ0n) is 14.0. The van der Waals surface area contributed by atoms with Crippen molar-refractivity contribution in [3.8, 4) is 0 Å². The fraction of sp³-hybridized carbons (Fsp3) is 0.389. The van der Waals surface area contributed by atoms with Crippen molar-refractivity contribution in [3.05, 3.63) is 46.2 Å². The lowest BCUT2D eigenvalue weighted by Crippen LogP contribution is -2.60. The van der Waals surface area contributed by atoms with Crippen LogP contribution in [-0.4, -0.2) is 45.0 Å². The van der Waals surface area contributed by atoms with Crippen LogP contribution in [0.5, 0.6) is 0 Å². The van der Waals surface area contributed by atoms with Crippen molar-refractivity contribution in [2.24, 2.45) is 0 Å². The zero-order chi connectivity index (χ0) is 18.9. The van der Waals surface area contributed by atoms with Gasteiger partial charge >= 0.3 is 5.97 Å². The molecule has 1 aliphatic carbocycles. The van der Waals surface area contributed by atoms with Gasteiger partial charge in [0.05, 0.1) is 5.54 Å². The first-order valence-electron chi connectivity index (χ1n) is 8.31. The Bertz CT molecular complexity index is 783. The van der Waals surface area contributed by atoms with E-state index in [1.165, 1.54) is 0 Å². The minimum atomic E-state index is -1.23. The molecule has 0 atom stereocenters. The highest BCUT2D eigenvalue weighted by Crippen LogP contribution is 2.46. The van der Waals surface area contributed by atoms with Gasteiger partial charge in [0.2, 0.25) is 0 Å². The molecule has 7 nitrogen and oxygen atoms in total. The molecule has 1 aromatic carbocycles. The summed E-state index contributed by atoms with van der Waals surface area (Å²) in [5.74, 6) is -2.95. The molecule has 0 aromatic heterocycles. The highest BCUT2D eigenvalue weighted by Gasteiger charge is 2.51. The maximum absolute atomic E-state index is 13.0. The molecule has 1 fully saturated rings. The molecule has 26 heavy (non-hydrogen) atoms. The summed E-state index contributed by atoms with van der Waals surface area (Å²) < 4.78 is 0. The summed E-state index contributed by atoms with van der Waals surface area (Å²) in [6.07, 6.45) is 2.64. The summed E-state index contributed by atoms with van der Waals surface area (Å²) in [6.45, 7) is -0.329. The summed E-state index contributed by atoms with van der Waals surface area (Å²) in [5, 5.41) is 21.7. The van der Waals surface area contributed by atoms with E-state index in [4.69, 9.17) is 16.7 Å². The lowest BCUT2D eigenvalue weighted by Gasteiger charge is -2.52. The van der Waals surface area contributed by atoms with Crippen molar-refractivity contribution < 1.29 is 24.6 Å². The molecular formula is C18H19ClN2O5. The normalized spacial score (nSPS) is 18.7. The molecule has 0 bridgehead atoms. The Balaban J connectivity index is 1.87. The number of carbonyl (C=O) groups is 3. The molecule has 0 radical (unpaired) electrons. The molecule has 1 aromatic rings. The molecule has 1 saturated carbocycles. The fourth-order valence-electron chi connectivity index (χ4n) is 3.49. The zero-order valence-corrected chi connectivity index (χ0v) is 14.8. The molecular weight excluding hydrogens is 360 g/mol. The SMILES string of the molecule is O=C(O)CNC(=O)C1=C(O)CC2(CCC2)N(Cc2ccc(Cl)cc2)C1=O. The van der Waals surface area contributed by atoms with E-state index < -0.39 is 29.9 Å². The summed E-state index contributed by atoms with van der Waals surface area (Å²) in [7, 11) is 0. The number of aliphatic carboxylic acids is 1. The van der Waals surface area contributed by atoms with E-state index >= 15 is 0 Å². The van der Waals surface area contributed by atoms with Gasteiger partial charge < -0.3 is 20.4 Å². The van der Waals surface area contributed by atoms with Crippen molar-refractivity contribution >= 4 is 29.4 Å². The van der Waals surface area contributed by atoms with Crippen molar-refractivity contribution in [3.63, 3.8) is 0 Å². The lowest BCUT2D eigenvalue weighted by atomic mass is 9.70. The van der Waals surface area contributed by atoms with Gasteiger partial charge in [0, 0.05) is 18.0 Å². The number of rotatable bonds is 5. The summed E-state index contributed by atoms with van der Waals surface area (Å²) >= 11 is 5.90. The molecule has 3 N–H and O–H groups in total. The van der Waals surface area contributed by atoms with Crippen LogP contribution < -0.4 is 5.32 Å². The van der Waals surface area contributed by atoms with E-state index in [9.17, 15) is 19.5 Å².